The van der Waals surface area contributed by atoms with Gasteiger partial charge in [0.15, 0.2) is 5.78 Å². The molecule has 2 amide bonds. The number of benzene rings is 1. The van der Waals surface area contributed by atoms with Crippen molar-refractivity contribution >= 4 is 39.2 Å². The van der Waals surface area contributed by atoms with E-state index in [0.29, 0.717) is 43.5 Å². The SMILES string of the molecule is COCCNC(=O)/C(Br)=C\C(=O)CCCCC(=O)Nc1cc(CC(C)CC(C)C(C)(C)C)ccc1O. The Balaban J connectivity index is 2.49. The molecule has 8 heteroatoms. The van der Waals surface area contributed by atoms with Gasteiger partial charge in [0, 0.05) is 32.6 Å². The fourth-order valence-corrected chi connectivity index (χ4v) is 4.08. The number of carbonyl (C=O) groups is 3. The van der Waals surface area contributed by atoms with Crippen LogP contribution in [0.3, 0.4) is 0 Å². The van der Waals surface area contributed by atoms with Crippen LogP contribution in [0.2, 0.25) is 0 Å². The Hall–Kier alpha value is -2.19. The lowest BCUT2D eigenvalue weighted by atomic mass is 9.76. The quantitative estimate of drug-likeness (QED) is 0.142. The highest BCUT2D eigenvalue weighted by Gasteiger charge is 2.22. The summed E-state index contributed by atoms with van der Waals surface area (Å²) in [4.78, 5) is 36.3. The number of unbranched alkanes of at least 4 members (excludes halogenated alkanes) is 1. The van der Waals surface area contributed by atoms with Crippen molar-refractivity contribution < 1.29 is 24.2 Å². The third-order valence-electron chi connectivity index (χ3n) is 6.33. The predicted octanol–water partition coefficient (Wildman–Crippen LogP) is 5.75. The number of allylic oxidation sites excluding steroid dienone is 1. The molecule has 1 aromatic rings. The molecular weight excluding hydrogens is 524 g/mol. The van der Waals surface area contributed by atoms with Gasteiger partial charge in [0.25, 0.3) is 5.91 Å². The average Bonchev–Trinajstić information content (AvgIpc) is 2.78. The summed E-state index contributed by atoms with van der Waals surface area (Å²) in [7, 11) is 1.54. The number of hydrogen-bond donors (Lipinski definition) is 3. The number of phenols is 1. The van der Waals surface area contributed by atoms with Crippen molar-refractivity contribution in [1.29, 1.82) is 0 Å². The van der Waals surface area contributed by atoms with Crippen LogP contribution in [0.1, 0.15) is 72.3 Å². The molecule has 7 nitrogen and oxygen atoms in total. The van der Waals surface area contributed by atoms with Gasteiger partial charge in [-0.1, -0.05) is 40.7 Å². The van der Waals surface area contributed by atoms with E-state index in [1.807, 2.05) is 12.1 Å². The van der Waals surface area contributed by atoms with Crippen molar-refractivity contribution in [3.8, 4) is 5.75 Å². The van der Waals surface area contributed by atoms with Crippen LogP contribution in [-0.2, 0) is 25.5 Å². The highest BCUT2D eigenvalue weighted by Crippen LogP contribution is 2.32. The lowest BCUT2D eigenvalue weighted by Gasteiger charge is -2.29. The Kier molecular flexibility index (Phi) is 14.0. The molecular formula is C28H43BrN2O5. The number of methoxy groups -OCH3 is 1. The zero-order valence-corrected chi connectivity index (χ0v) is 24.2. The number of carbonyl (C=O) groups excluding carboxylic acids is 3. The third-order valence-corrected chi connectivity index (χ3v) is 6.92. The Morgan fingerprint density at radius 2 is 1.81 bits per heavy atom. The molecule has 36 heavy (non-hydrogen) atoms. The molecule has 0 spiro atoms. The van der Waals surface area contributed by atoms with Crippen LogP contribution in [0.4, 0.5) is 5.69 Å². The van der Waals surface area contributed by atoms with E-state index in [1.54, 1.807) is 6.07 Å². The van der Waals surface area contributed by atoms with Crippen LogP contribution in [0.5, 0.6) is 5.75 Å². The summed E-state index contributed by atoms with van der Waals surface area (Å²) in [5, 5.41) is 15.6. The monoisotopic (exact) mass is 566 g/mol. The number of halogens is 1. The number of ether oxygens (including phenoxy) is 1. The number of aromatic hydroxyl groups is 1. The summed E-state index contributed by atoms with van der Waals surface area (Å²) >= 11 is 3.11. The van der Waals surface area contributed by atoms with E-state index >= 15 is 0 Å². The van der Waals surface area contributed by atoms with Crippen LogP contribution in [-0.4, -0.2) is 43.0 Å². The number of amides is 2. The van der Waals surface area contributed by atoms with Gasteiger partial charge in [-0.2, -0.15) is 0 Å². The molecule has 0 radical (unpaired) electrons. The molecule has 0 aliphatic carbocycles. The van der Waals surface area contributed by atoms with Crippen LogP contribution in [0.15, 0.2) is 28.8 Å². The smallest absolute Gasteiger partial charge is 0.258 e. The highest BCUT2D eigenvalue weighted by molar-refractivity contribution is 9.12. The molecule has 2 atom stereocenters. The second kappa shape index (κ2) is 15.8. The zero-order chi connectivity index (χ0) is 27.3. The molecule has 0 aromatic heterocycles. The topological polar surface area (TPSA) is 105 Å². The highest BCUT2D eigenvalue weighted by atomic mass is 79.9. The predicted molar refractivity (Wildman–Crippen MR) is 148 cm³/mol. The number of hydrogen-bond acceptors (Lipinski definition) is 5. The van der Waals surface area contributed by atoms with Gasteiger partial charge in [-0.15, -0.1) is 0 Å². The first kappa shape index (κ1) is 31.8. The van der Waals surface area contributed by atoms with Crippen molar-refractivity contribution in [2.24, 2.45) is 17.3 Å². The maximum atomic E-state index is 12.4. The number of phenolic OH excluding ortho intramolecular Hbond substituents is 1. The molecule has 0 saturated heterocycles. The minimum absolute atomic E-state index is 0.0387. The second-order valence-corrected chi connectivity index (χ2v) is 11.5. The Morgan fingerprint density at radius 1 is 1.14 bits per heavy atom. The van der Waals surface area contributed by atoms with Crippen molar-refractivity contribution in [2.45, 2.75) is 73.1 Å². The molecule has 0 aliphatic rings. The van der Waals surface area contributed by atoms with Crippen LogP contribution < -0.4 is 10.6 Å². The van der Waals surface area contributed by atoms with Crippen molar-refractivity contribution in [2.75, 3.05) is 25.6 Å². The molecule has 1 rings (SSSR count). The first-order valence-corrected chi connectivity index (χ1v) is 13.4. The van der Waals surface area contributed by atoms with Crippen molar-refractivity contribution in [3.05, 3.63) is 34.3 Å². The summed E-state index contributed by atoms with van der Waals surface area (Å²) in [6.45, 7) is 12.0. The lowest BCUT2D eigenvalue weighted by molar-refractivity contribution is -0.118. The Morgan fingerprint density at radius 3 is 2.44 bits per heavy atom. The third kappa shape index (κ3) is 12.7. The average molecular weight is 568 g/mol. The maximum Gasteiger partial charge on any atom is 0.258 e. The Bertz CT molecular complexity index is 908. The lowest BCUT2D eigenvalue weighted by Crippen LogP contribution is -2.27. The van der Waals surface area contributed by atoms with Gasteiger partial charge in [0.05, 0.1) is 16.8 Å². The molecule has 2 unspecified atom stereocenters. The normalized spacial score (nSPS) is 13.7. The maximum absolute atomic E-state index is 12.4. The van der Waals surface area contributed by atoms with Crippen LogP contribution in [0, 0.1) is 17.3 Å². The van der Waals surface area contributed by atoms with Gasteiger partial charge in [-0.05, 0) is 76.6 Å². The fraction of sp³-hybridized carbons (Fsp3) is 0.607. The first-order chi connectivity index (χ1) is 16.8. The summed E-state index contributed by atoms with van der Waals surface area (Å²) in [5.74, 6) is 0.334. The van der Waals surface area contributed by atoms with Crippen molar-refractivity contribution in [3.63, 3.8) is 0 Å². The van der Waals surface area contributed by atoms with E-state index in [0.717, 1.165) is 18.4 Å². The summed E-state index contributed by atoms with van der Waals surface area (Å²) in [6.07, 6.45) is 4.75. The molecule has 202 valence electrons. The van der Waals surface area contributed by atoms with Crippen LogP contribution in [0.25, 0.3) is 0 Å². The largest absolute Gasteiger partial charge is 0.506 e. The zero-order valence-electron chi connectivity index (χ0n) is 22.6. The number of anilines is 1. The minimum Gasteiger partial charge on any atom is -0.506 e. The minimum atomic E-state index is -0.375. The summed E-state index contributed by atoms with van der Waals surface area (Å²) in [5.41, 5.74) is 1.75. The molecule has 3 N–H and O–H groups in total. The van der Waals surface area contributed by atoms with Gasteiger partial charge in [-0.3, -0.25) is 14.4 Å². The molecule has 0 fully saturated rings. The standard InChI is InChI=1S/C28H43BrN2O5/c1-19(15-20(2)28(3,4)5)16-21-11-12-25(33)24(17-21)31-26(34)10-8-7-9-22(32)18-23(29)27(35)30-13-14-36-6/h11-12,17-20,33H,7-10,13-16H2,1-6H3,(H,30,35)(H,31,34)/b23-18+. The second-order valence-electron chi connectivity index (χ2n) is 10.6. The van der Waals surface area contributed by atoms with Crippen LogP contribution >= 0.6 is 15.9 Å². The molecule has 1 aromatic carbocycles. The van der Waals surface area contributed by atoms with E-state index in [1.165, 1.54) is 13.2 Å². The van der Waals surface area contributed by atoms with E-state index in [4.69, 9.17) is 4.74 Å². The Labute approximate surface area is 224 Å². The van der Waals surface area contributed by atoms with Gasteiger partial charge >= 0.3 is 0 Å². The van der Waals surface area contributed by atoms with E-state index in [9.17, 15) is 19.5 Å². The van der Waals surface area contributed by atoms with Gasteiger partial charge < -0.3 is 20.5 Å². The fourth-order valence-electron chi connectivity index (χ4n) is 3.68. The van der Waals surface area contributed by atoms with Gasteiger partial charge in [-0.25, -0.2) is 0 Å². The molecule has 0 saturated carbocycles. The summed E-state index contributed by atoms with van der Waals surface area (Å²) in [6, 6.07) is 5.37. The van der Waals surface area contributed by atoms with E-state index < -0.39 is 0 Å². The van der Waals surface area contributed by atoms with Gasteiger partial charge in [0.2, 0.25) is 5.91 Å². The van der Waals surface area contributed by atoms with E-state index in [-0.39, 0.29) is 46.1 Å². The summed E-state index contributed by atoms with van der Waals surface area (Å²) < 4.78 is 5.03. The molecule has 0 aliphatic heterocycles. The molecule has 0 bridgehead atoms. The number of rotatable bonds is 15. The van der Waals surface area contributed by atoms with E-state index in [2.05, 4.69) is 61.2 Å². The van der Waals surface area contributed by atoms with Crippen molar-refractivity contribution in [1.82, 2.24) is 5.32 Å². The number of nitrogens with one attached hydrogen (secondary N) is 2. The number of ketones is 1. The van der Waals surface area contributed by atoms with Gasteiger partial charge in [0.1, 0.15) is 5.75 Å². The molecule has 0 heterocycles. The first-order valence-electron chi connectivity index (χ1n) is 12.6.